The summed E-state index contributed by atoms with van der Waals surface area (Å²) in [7, 11) is 1.75. The standard InChI is InChI=1S/C2H5.CH3O.Al.HI/c2*1-2;;/h1H2,2H3;1H3;;1H/q;-1;+2;/p-1. The van der Waals surface area contributed by atoms with E-state index in [-0.39, 0.29) is 24.0 Å². The van der Waals surface area contributed by atoms with Gasteiger partial charge in [-0.2, -0.15) is 0 Å². The van der Waals surface area contributed by atoms with Crippen molar-refractivity contribution >= 4 is 15.6 Å². The third-order valence-electron chi connectivity index (χ3n) is 0.333. The Morgan fingerprint density at radius 1 is 1.67 bits per heavy atom. The molecule has 0 saturated carbocycles. The molecule has 0 radical (unpaired) electrons. The zero-order valence-electron chi connectivity index (χ0n) is 4.07. The molecule has 0 unspecified atom stereocenters. The summed E-state index contributed by atoms with van der Waals surface area (Å²) in [5.74, 6) is 0. The van der Waals surface area contributed by atoms with Gasteiger partial charge in [0.2, 0.25) is 0 Å². The molecule has 0 aliphatic carbocycles. The van der Waals surface area contributed by atoms with Crippen LogP contribution in [0.3, 0.4) is 0 Å². The zero-order valence-corrected chi connectivity index (χ0v) is 7.38. The average molecular weight is 214 g/mol. The normalized spacial score (nSPS) is 5.67. The maximum atomic E-state index is 4.77. The predicted molar refractivity (Wildman–Crippen MR) is 23.2 cm³/mol. The molecule has 0 aliphatic rings. The molecule has 0 amide bonds. The molecule has 0 N–H and O–H groups in total. The maximum absolute atomic E-state index is 4.77. The summed E-state index contributed by atoms with van der Waals surface area (Å²) < 4.78 is 4.77. The van der Waals surface area contributed by atoms with Gasteiger partial charge in [-0.1, -0.05) is 0 Å². The third kappa shape index (κ3) is 8.97. The number of halogens is 1. The largest absolute Gasteiger partial charge is 1.00 e. The summed E-state index contributed by atoms with van der Waals surface area (Å²) in [4.78, 5) is 0. The van der Waals surface area contributed by atoms with E-state index in [2.05, 4.69) is 6.92 Å². The van der Waals surface area contributed by atoms with E-state index < -0.39 is 0 Å². The monoisotopic (exact) mass is 214 g/mol. The van der Waals surface area contributed by atoms with Gasteiger partial charge in [-0.05, 0) is 0 Å². The van der Waals surface area contributed by atoms with Crippen LogP contribution in [0, 0.1) is 0 Å². The van der Waals surface area contributed by atoms with Gasteiger partial charge in [0.25, 0.3) is 0 Å². The van der Waals surface area contributed by atoms with Gasteiger partial charge < -0.3 is 24.0 Å². The topological polar surface area (TPSA) is 9.23 Å². The molecule has 36 valence electrons. The third-order valence-corrected chi connectivity index (χ3v) is 1.00. The van der Waals surface area contributed by atoms with Crippen LogP contribution in [0.4, 0.5) is 0 Å². The second kappa shape index (κ2) is 9.52. The Morgan fingerprint density at radius 2 is 2.17 bits per heavy atom. The molecule has 0 rings (SSSR count). The zero-order chi connectivity index (χ0) is 4.12. The van der Waals surface area contributed by atoms with Gasteiger partial charge in [0.15, 0.2) is 0 Å². The molecule has 0 spiro atoms. The van der Waals surface area contributed by atoms with E-state index in [9.17, 15) is 0 Å². The van der Waals surface area contributed by atoms with Gasteiger partial charge in [-0.3, -0.25) is 0 Å². The first kappa shape index (κ1) is 10.3. The summed E-state index contributed by atoms with van der Waals surface area (Å²) in [5, 5.41) is 1.20. The van der Waals surface area contributed by atoms with Crippen LogP contribution >= 0.6 is 0 Å². The van der Waals surface area contributed by atoms with E-state index >= 15 is 0 Å². The SMILES string of the molecule is C[CH2][Al+][O]C.[I-]. The van der Waals surface area contributed by atoms with Gasteiger partial charge >= 0.3 is 38.7 Å². The smallest absolute Gasteiger partial charge is 1.00 e. The fourth-order valence-electron chi connectivity index (χ4n) is 0.167. The van der Waals surface area contributed by atoms with E-state index in [4.69, 9.17) is 3.79 Å². The van der Waals surface area contributed by atoms with E-state index in [0.717, 1.165) is 0 Å². The molecule has 0 aromatic carbocycles. The quantitative estimate of drug-likeness (QED) is 0.371. The molecule has 0 aliphatic heterocycles. The van der Waals surface area contributed by atoms with Crippen LogP contribution in [0.2, 0.25) is 5.28 Å². The summed E-state index contributed by atoms with van der Waals surface area (Å²) in [6.07, 6.45) is 0. The van der Waals surface area contributed by atoms with Crippen LogP contribution in [0.5, 0.6) is 0 Å². The average Bonchev–Trinajstić information content (AvgIpc) is 1.41. The first-order valence-electron chi connectivity index (χ1n) is 1.76. The van der Waals surface area contributed by atoms with Gasteiger partial charge in [0.05, 0.1) is 0 Å². The summed E-state index contributed by atoms with van der Waals surface area (Å²) in [6.45, 7) is 2.12. The molecule has 0 aromatic rings. The molecular formula is C3H8AlIO. The van der Waals surface area contributed by atoms with Crippen molar-refractivity contribution in [1.29, 1.82) is 0 Å². The number of rotatable bonds is 2. The van der Waals surface area contributed by atoms with E-state index in [1.165, 1.54) is 5.28 Å². The first-order valence-corrected chi connectivity index (χ1v) is 3.05. The van der Waals surface area contributed by atoms with Crippen molar-refractivity contribution in [3.63, 3.8) is 0 Å². The number of hydrogen-bond acceptors (Lipinski definition) is 1. The van der Waals surface area contributed by atoms with Crippen molar-refractivity contribution in [1.82, 2.24) is 0 Å². The summed E-state index contributed by atoms with van der Waals surface area (Å²) in [6, 6.07) is 0. The van der Waals surface area contributed by atoms with E-state index in [1.807, 2.05) is 0 Å². The second-order valence-corrected chi connectivity index (χ2v) is 2.43. The minimum atomic E-state index is 0. The fourth-order valence-corrected chi connectivity index (χ4v) is 0.500. The summed E-state index contributed by atoms with van der Waals surface area (Å²) >= 11 is 0.315. The van der Waals surface area contributed by atoms with Crippen molar-refractivity contribution in [3.8, 4) is 0 Å². The second-order valence-electron chi connectivity index (χ2n) is 0.811. The van der Waals surface area contributed by atoms with Crippen LogP contribution < -0.4 is 24.0 Å². The van der Waals surface area contributed by atoms with Crippen LogP contribution in [0.1, 0.15) is 6.92 Å². The minimum absolute atomic E-state index is 0. The van der Waals surface area contributed by atoms with E-state index in [0.29, 0.717) is 15.6 Å². The molecule has 6 heavy (non-hydrogen) atoms. The van der Waals surface area contributed by atoms with Crippen LogP contribution in [0.25, 0.3) is 0 Å². The van der Waals surface area contributed by atoms with Crippen molar-refractivity contribution in [3.05, 3.63) is 0 Å². The minimum Gasteiger partial charge on any atom is -1.00 e. The Labute approximate surface area is 62.5 Å². The molecule has 3 heteroatoms. The molecular weight excluding hydrogens is 206 g/mol. The van der Waals surface area contributed by atoms with Gasteiger partial charge in [0, 0.05) is 0 Å². The molecule has 1 nitrogen and oxygen atoms in total. The van der Waals surface area contributed by atoms with Crippen molar-refractivity contribution in [2.75, 3.05) is 7.11 Å². The molecule has 0 fully saturated rings. The summed E-state index contributed by atoms with van der Waals surface area (Å²) in [5.41, 5.74) is 0. The Morgan fingerprint density at radius 3 is 2.17 bits per heavy atom. The molecule has 0 saturated heterocycles. The Bertz CT molecular complexity index is 18.3. The van der Waals surface area contributed by atoms with E-state index in [1.54, 1.807) is 7.11 Å². The first-order chi connectivity index (χ1) is 2.41. The van der Waals surface area contributed by atoms with Gasteiger partial charge in [0.1, 0.15) is 0 Å². The van der Waals surface area contributed by atoms with Gasteiger partial charge in [-0.15, -0.1) is 0 Å². The van der Waals surface area contributed by atoms with Crippen molar-refractivity contribution < 1.29 is 27.8 Å². The Kier molecular flexibility index (Phi) is 16.3. The predicted octanol–water partition coefficient (Wildman–Crippen LogP) is -2.31. The molecule has 0 heterocycles. The molecule has 0 bridgehead atoms. The van der Waals surface area contributed by atoms with Crippen LogP contribution in [0.15, 0.2) is 0 Å². The van der Waals surface area contributed by atoms with Crippen LogP contribution in [-0.2, 0) is 3.79 Å². The van der Waals surface area contributed by atoms with Gasteiger partial charge in [-0.25, -0.2) is 0 Å². The fraction of sp³-hybridized carbons (Fsp3) is 1.00. The van der Waals surface area contributed by atoms with Crippen molar-refractivity contribution in [2.24, 2.45) is 0 Å². The number of hydrogen-bond donors (Lipinski definition) is 0. The Balaban J connectivity index is 0. The Hall–Kier alpha value is 1.22. The molecule has 0 atom stereocenters. The van der Waals surface area contributed by atoms with Crippen molar-refractivity contribution in [2.45, 2.75) is 12.2 Å². The maximum Gasteiger partial charge on any atom is -1.00 e. The molecule has 0 aromatic heterocycles. The van der Waals surface area contributed by atoms with Crippen LogP contribution in [-0.4, -0.2) is 22.7 Å².